The van der Waals surface area contributed by atoms with Crippen molar-refractivity contribution in [2.24, 2.45) is 5.73 Å². The molecule has 1 aromatic carbocycles. The molecule has 1 aromatic heterocycles. The van der Waals surface area contributed by atoms with Crippen LogP contribution in [0.25, 0.3) is 0 Å². The number of hydrogen-bond acceptors (Lipinski definition) is 8. The Balaban J connectivity index is 1.55. The van der Waals surface area contributed by atoms with Crippen LogP contribution in [0, 0.1) is 6.92 Å². The van der Waals surface area contributed by atoms with Crippen LogP contribution in [0.4, 0.5) is 0 Å². The van der Waals surface area contributed by atoms with E-state index in [1.807, 2.05) is 30.3 Å². The standard InChI is InChI=1S/C20H27N3O7/c1-12-9-23(20(27)22-18(12)26)10-14-16(24)17(25)15(21)19(30-14)29-8-7-28-11-13-5-3-2-4-6-13/h2-6,9,14-17,19,24-25H,7-8,10-11,21H2,1H3,(H,22,26,27)/t14-,15-,16-,17-,19-/m1/s1. The third-order valence-electron chi connectivity index (χ3n) is 4.94. The van der Waals surface area contributed by atoms with E-state index < -0.39 is 41.9 Å². The fourth-order valence-electron chi connectivity index (χ4n) is 3.19. The summed E-state index contributed by atoms with van der Waals surface area (Å²) in [5.41, 5.74) is 6.17. The van der Waals surface area contributed by atoms with Crippen LogP contribution in [0.1, 0.15) is 11.1 Å². The predicted molar refractivity (Wildman–Crippen MR) is 107 cm³/mol. The number of aromatic amines is 1. The van der Waals surface area contributed by atoms with E-state index in [1.165, 1.54) is 10.8 Å². The third-order valence-corrected chi connectivity index (χ3v) is 4.94. The van der Waals surface area contributed by atoms with Crippen LogP contribution in [-0.4, -0.2) is 63.6 Å². The first-order valence-corrected chi connectivity index (χ1v) is 9.67. The fraction of sp³-hybridized carbons (Fsp3) is 0.500. The fourth-order valence-corrected chi connectivity index (χ4v) is 3.19. The number of nitrogens with zero attached hydrogens (tertiary/aromatic N) is 1. The number of aromatic nitrogens is 2. The number of aryl methyl sites for hydroxylation is 1. The minimum atomic E-state index is -1.33. The molecule has 3 rings (SSSR count). The van der Waals surface area contributed by atoms with E-state index in [0.717, 1.165) is 5.56 Å². The molecule has 10 nitrogen and oxygen atoms in total. The highest BCUT2D eigenvalue weighted by atomic mass is 16.7. The van der Waals surface area contributed by atoms with Gasteiger partial charge in [-0.2, -0.15) is 0 Å². The SMILES string of the molecule is Cc1cn(C[C@H]2O[C@@H](OCCOCc3ccccc3)[C@H](N)[C@@H](O)[C@@H]2O)c(=O)[nH]c1=O. The molecule has 0 radical (unpaired) electrons. The summed E-state index contributed by atoms with van der Waals surface area (Å²) >= 11 is 0. The number of aliphatic hydroxyl groups excluding tert-OH is 2. The van der Waals surface area contributed by atoms with Gasteiger partial charge in [-0.25, -0.2) is 4.79 Å². The molecule has 5 N–H and O–H groups in total. The van der Waals surface area contributed by atoms with Gasteiger partial charge in [0.2, 0.25) is 0 Å². The lowest BCUT2D eigenvalue weighted by Gasteiger charge is -2.41. The van der Waals surface area contributed by atoms with Crippen molar-refractivity contribution < 1.29 is 24.4 Å². The maximum Gasteiger partial charge on any atom is 0.328 e. The zero-order valence-electron chi connectivity index (χ0n) is 16.6. The summed E-state index contributed by atoms with van der Waals surface area (Å²) in [5.74, 6) is 0. The topological polar surface area (TPSA) is 149 Å². The van der Waals surface area contributed by atoms with Gasteiger partial charge in [-0.3, -0.25) is 14.3 Å². The minimum Gasteiger partial charge on any atom is -0.388 e. The summed E-state index contributed by atoms with van der Waals surface area (Å²) in [4.78, 5) is 25.7. The Morgan fingerprint density at radius 1 is 1.17 bits per heavy atom. The number of hydrogen-bond donors (Lipinski definition) is 4. The molecule has 10 heteroatoms. The minimum absolute atomic E-state index is 0.0915. The summed E-state index contributed by atoms with van der Waals surface area (Å²) in [6, 6.07) is 8.69. The number of H-pyrrole nitrogens is 1. The Morgan fingerprint density at radius 2 is 1.90 bits per heavy atom. The average Bonchev–Trinajstić information content (AvgIpc) is 2.73. The van der Waals surface area contributed by atoms with Gasteiger partial charge in [0.25, 0.3) is 5.56 Å². The Morgan fingerprint density at radius 3 is 2.63 bits per heavy atom. The van der Waals surface area contributed by atoms with E-state index in [-0.39, 0.29) is 19.8 Å². The molecule has 0 amide bonds. The summed E-state index contributed by atoms with van der Waals surface area (Å²) in [7, 11) is 0. The highest BCUT2D eigenvalue weighted by Crippen LogP contribution is 2.22. The van der Waals surface area contributed by atoms with E-state index in [2.05, 4.69) is 4.98 Å². The van der Waals surface area contributed by atoms with Gasteiger partial charge in [0.15, 0.2) is 6.29 Å². The van der Waals surface area contributed by atoms with Crippen LogP contribution in [0.5, 0.6) is 0 Å². The maximum atomic E-state index is 12.0. The van der Waals surface area contributed by atoms with E-state index in [0.29, 0.717) is 12.2 Å². The molecule has 1 aliphatic rings. The number of aliphatic hydroxyl groups is 2. The van der Waals surface area contributed by atoms with Crippen LogP contribution in [0.15, 0.2) is 46.1 Å². The van der Waals surface area contributed by atoms with Crippen molar-refractivity contribution in [3.8, 4) is 0 Å². The Labute approximate surface area is 172 Å². The van der Waals surface area contributed by atoms with E-state index in [9.17, 15) is 19.8 Å². The van der Waals surface area contributed by atoms with Crippen LogP contribution in [-0.2, 0) is 27.4 Å². The maximum absolute atomic E-state index is 12.0. The third kappa shape index (κ3) is 5.42. The van der Waals surface area contributed by atoms with Crippen molar-refractivity contribution in [2.75, 3.05) is 13.2 Å². The highest BCUT2D eigenvalue weighted by Gasteiger charge is 2.43. The summed E-state index contributed by atoms with van der Waals surface area (Å²) in [5, 5.41) is 20.6. The molecule has 0 aliphatic carbocycles. The van der Waals surface area contributed by atoms with E-state index >= 15 is 0 Å². The lowest BCUT2D eigenvalue weighted by atomic mass is 9.97. The van der Waals surface area contributed by atoms with Crippen molar-refractivity contribution in [1.29, 1.82) is 0 Å². The van der Waals surface area contributed by atoms with Crippen molar-refractivity contribution in [1.82, 2.24) is 9.55 Å². The van der Waals surface area contributed by atoms with Gasteiger partial charge >= 0.3 is 5.69 Å². The Bertz CT molecular complexity index is 930. The summed E-state index contributed by atoms with van der Waals surface area (Å²) in [6.07, 6.45) is -3.22. The zero-order chi connectivity index (χ0) is 21.7. The largest absolute Gasteiger partial charge is 0.388 e. The second-order valence-corrected chi connectivity index (χ2v) is 7.23. The number of nitrogens with two attached hydrogens (primary N) is 1. The lowest BCUT2D eigenvalue weighted by Crippen LogP contribution is -2.62. The second kappa shape index (κ2) is 10.1. The van der Waals surface area contributed by atoms with E-state index in [4.69, 9.17) is 19.9 Å². The Hall–Kier alpha value is -2.34. The summed E-state index contributed by atoms with van der Waals surface area (Å²) in [6.45, 7) is 2.34. The molecule has 0 spiro atoms. The van der Waals surface area contributed by atoms with Gasteiger partial charge in [0, 0.05) is 11.8 Å². The first kappa shape index (κ1) is 22.3. The summed E-state index contributed by atoms with van der Waals surface area (Å²) < 4.78 is 18.1. The number of benzene rings is 1. The first-order chi connectivity index (χ1) is 14.4. The molecular weight excluding hydrogens is 394 g/mol. The molecule has 1 fully saturated rings. The molecular formula is C20H27N3O7. The van der Waals surface area contributed by atoms with E-state index in [1.54, 1.807) is 6.92 Å². The van der Waals surface area contributed by atoms with Gasteiger partial charge in [-0.15, -0.1) is 0 Å². The van der Waals surface area contributed by atoms with Crippen LogP contribution in [0.3, 0.4) is 0 Å². The normalized spacial score (nSPS) is 26.6. The van der Waals surface area contributed by atoms with Gasteiger partial charge in [-0.05, 0) is 12.5 Å². The van der Waals surface area contributed by atoms with Gasteiger partial charge < -0.3 is 30.2 Å². The smallest absolute Gasteiger partial charge is 0.328 e. The number of ether oxygens (including phenoxy) is 3. The van der Waals surface area contributed by atoms with Crippen molar-refractivity contribution in [3.05, 3.63) is 68.5 Å². The monoisotopic (exact) mass is 421 g/mol. The second-order valence-electron chi connectivity index (χ2n) is 7.23. The lowest BCUT2D eigenvalue weighted by molar-refractivity contribution is -0.264. The molecule has 164 valence electrons. The molecule has 30 heavy (non-hydrogen) atoms. The van der Waals surface area contributed by atoms with Crippen LogP contribution < -0.4 is 17.0 Å². The van der Waals surface area contributed by atoms with Gasteiger partial charge in [0.05, 0.1) is 32.4 Å². The predicted octanol–water partition coefficient (Wildman–Crippen LogP) is -1.15. The van der Waals surface area contributed by atoms with Crippen molar-refractivity contribution in [2.45, 2.75) is 50.7 Å². The van der Waals surface area contributed by atoms with Crippen LogP contribution >= 0.6 is 0 Å². The van der Waals surface area contributed by atoms with Crippen molar-refractivity contribution >= 4 is 0 Å². The first-order valence-electron chi connectivity index (χ1n) is 9.67. The molecule has 5 atom stereocenters. The van der Waals surface area contributed by atoms with Crippen molar-refractivity contribution in [3.63, 3.8) is 0 Å². The molecule has 1 saturated heterocycles. The number of rotatable bonds is 8. The highest BCUT2D eigenvalue weighted by molar-refractivity contribution is 5.13. The van der Waals surface area contributed by atoms with Gasteiger partial charge in [-0.1, -0.05) is 30.3 Å². The molecule has 1 aliphatic heterocycles. The van der Waals surface area contributed by atoms with Gasteiger partial charge in [0.1, 0.15) is 18.3 Å². The molecule has 2 heterocycles. The average molecular weight is 421 g/mol. The molecule has 2 aromatic rings. The molecule has 0 unspecified atom stereocenters. The quantitative estimate of drug-likeness (QED) is 0.391. The van der Waals surface area contributed by atoms with Crippen LogP contribution in [0.2, 0.25) is 0 Å². The zero-order valence-corrected chi connectivity index (χ0v) is 16.6. The molecule has 0 saturated carbocycles. The Kier molecular flexibility index (Phi) is 7.53. The number of nitrogens with one attached hydrogen (secondary N) is 1. The molecule has 0 bridgehead atoms.